The molecule has 1 unspecified atom stereocenters. The van der Waals surface area contributed by atoms with Crippen molar-refractivity contribution in [2.45, 2.75) is 39.0 Å². The quantitative estimate of drug-likeness (QED) is 0.260. The highest BCUT2D eigenvalue weighted by Gasteiger charge is 2.15. The maximum absolute atomic E-state index is 12.3. The van der Waals surface area contributed by atoms with Gasteiger partial charge in [0, 0.05) is 13.0 Å². The molecule has 0 saturated carbocycles. The van der Waals surface area contributed by atoms with E-state index in [1.165, 1.54) is 0 Å². The van der Waals surface area contributed by atoms with Gasteiger partial charge in [0.2, 0.25) is 5.91 Å². The van der Waals surface area contributed by atoms with Gasteiger partial charge in [-0.15, -0.1) is 0 Å². The summed E-state index contributed by atoms with van der Waals surface area (Å²) in [6.07, 6.45) is 2.21. The van der Waals surface area contributed by atoms with Crippen LogP contribution in [0.15, 0.2) is 53.5 Å². The lowest BCUT2D eigenvalue weighted by atomic mass is 9.93. The second kappa shape index (κ2) is 10.8. The number of hydrogen-bond acceptors (Lipinski definition) is 4. The maximum atomic E-state index is 12.3. The van der Waals surface area contributed by atoms with E-state index in [9.17, 15) is 9.59 Å². The molecule has 0 radical (unpaired) electrons. The van der Waals surface area contributed by atoms with E-state index < -0.39 is 5.97 Å². The zero-order chi connectivity index (χ0) is 21.2. The highest BCUT2D eigenvalue weighted by Crippen LogP contribution is 2.26. The molecule has 154 valence electrons. The van der Waals surface area contributed by atoms with Crippen molar-refractivity contribution in [3.8, 4) is 5.75 Å². The number of esters is 1. The van der Waals surface area contributed by atoms with Crippen molar-refractivity contribution >= 4 is 23.5 Å². The van der Waals surface area contributed by atoms with Gasteiger partial charge >= 0.3 is 5.97 Å². The predicted octanol–water partition coefficient (Wildman–Crippen LogP) is 3.22. The van der Waals surface area contributed by atoms with Crippen molar-refractivity contribution in [3.05, 3.63) is 59.7 Å². The van der Waals surface area contributed by atoms with E-state index in [2.05, 4.69) is 17.2 Å². The van der Waals surface area contributed by atoms with Gasteiger partial charge < -0.3 is 21.5 Å². The topological polar surface area (TPSA) is 120 Å². The van der Waals surface area contributed by atoms with E-state index >= 15 is 0 Å². The Labute approximate surface area is 171 Å². The molecule has 1 atom stereocenters. The number of carbonyl (C=O) groups is 2. The summed E-state index contributed by atoms with van der Waals surface area (Å²) in [5.41, 5.74) is 12.6. The smallest absolute Gasteiger partial charge is 0.343 e. The number of nitrogens with one attached hydrogen (secondary N) is 1. The SMILES string of the molecule is CCCNC(=O)CC(CC)c1ccc(OC(=O)c2ccc(N=C(N)N)cc2)cc1. The average molecular weight is 396 g/mol. The van der Waals surface area contributed by atoms with Crippen LogP contribution in [-0.2, 0) is 4.79 Å². The third-order valence-electron chi connectivity index (χ3n) is 4.42. The Bertz CT molecular complexity index is 841. The molecule has 0 aliphatic rings. The number of nitrogens with zero attached hydrogens (tertiary/aromatic N) is 1. The van der Waals surface area contributed by atoms with Crippen LogP contribution in [0.3, 0.4) is 0 Å². The molecule has 29 heavy (non-hydrogen) atoms. The molecule has 0 aromatic heterocycles. The van der Waals surface area contributed by atoms with Crippen molar-refractivity contribution in [1.29, 1.82) is 0 Å². The average Bonchev–Trinajstić information content (AvgIpc) is 2.71. The van der Waals surface area contributed by atoms with Crippen molar-refractivity contribution in [3.63, 3.8) is 0 Å². The van der Waals surface area contributed by atoms with E-state index in [-0.39, 0.29) is 17.8 Å². The number of benzene rings is 2. The number of ether oxygens (including phenoxy) is 1. The Balaban J connectivity index is 1.99. The molecule has 2 aromatic carbocycles. The largest absolute Gasteiger partial charge is 0.423 e. The fourth-order valence-corrected chi connectivity index (χ4v) is 2.85. The normalized spacial score (nSPS) is 11.4. The zero-order valence-electron chi connectivity index (χ0n) is 16.9. The van der Waals surface area contributed by atoms with Crippen LogP contribution in [-0.4, -0.2) is 24.4 Å². The minimum atomic E-state index is -0.472. The molecule has 0 spiro atoms. The number of aliphatic imine (C=N–C) groups is 1. The van der Waals surface area contributed by atoms with E-state index in [0.717, 1.165) is 18.4 Å². The van der Waals surface area contributed by atoms with Gasteiger partial charge in [-0.2, -0.15) is 0 Å². The van der Waals surface area contributed by atoms with Gasteiger partial charge in [0.25, 0.3) is 0 Å². The molecule has 5 N–H and O–H groups in total. The Hall–Kier alpha value is -3.35. The number of carbonyl (C=O) groups excluding carboxylic acids is 2. The van der Waals surface area contributed by atoms with Gasteiger partial charge in [-0.1, -0.05) is 26.0 Å². The van der Waals surface area contributed by atoms with Gasteiger partial charge in [0.15, 0.2) is 5.96 Å². The van der Waals surface area contributed by atoms with Crippen LogP contribution in [0.25, 0.3) is 0 Å². The van der Waals surface area contributed by atoms with Crippen molar-refractivity contribution in [1.82, 2.24) is 5.32 Å². The Kier molecular flexibility index (Phi) is 8.21. The van der Waals surface area contributed by atoms with Crippen LogP contribution < -0.4 is 21.5 Å². The molecule has 0 aliphatic heterocycles. The van der Waals surface area contributed by atoms with Gasteiger partial charge in [-0.25, -0.2) is 9.79 Å². The number of amides is 1. The van der Waals surface area contributed by atoms with Crippen LogP contribution in [0.1, 0.15) is 54.9 Å². The van der Waals surface area contributed by atoms with Gasteiger partial charge in [-0.3, -0.25) is 4.79 Å². The molecule has 0 fully saturated rings. The molecular formula is C22H28N4O3. The van der Waals surface area contributed by atoms with Crippen LogP contribution in [0.5, 0.6) is 5.75 Å². The van der Waals surface area contributed by atoms with Crippen molar-refractivity contribution in [2.75, 3.05) is 6.54 Å². The minimum absolute atomic E-state index is 0.0476. The molecule has 7 nitrogen and oxygen atoms in total. The van der Waals surface area contributed by atoms with E-state index in [1.54, 1.807) is 36.4 Å². The minimum Gasteiger partial charge on any atom is -0.423 e. The lowest BCUT2D eigenvalue weighted by molar-refractivity contribution is -0.121. The lowest BCUT2D eigenvalue weighted by Gasteiger charge is -2.15. The lowest BCUT2D eigenvalue weighted by Crippen LogP contribution is -2.25. The molecule has 2 rings (SSSR count). The Morgan fingerprint density at radius 2 is 1.69 bits per heavy atom. The first-order valence-electron chi connectivity index (χ1n) is 9.71. The van der Waals surface area contributed by atoms with Gasteiger partial charge in [-0.05, 0) is 60.7 Å². The first-order chi connectivity index (χ1) is 13.9. The molecule has 0 bridgehead atoms. The summed E-state index contributed by atoms with van der Waals surface area (Å²) >= 11 is 0. The third-order valence-corrected chi connectivity index (χ3v) is 4.42. The first kappa shape index (κ1) is 21.9. The number of nitrogens with two attached hydrogens (primary N) is 2. The number of hydrogen-bond donors (Lipinski definition) is 3. The fourth-order valence-electron chi connectivity index (χ4n) is 2.85. The Morgan fingerprint density at radius 1 is 1.03 bits per heavy atom. The van der Waals surface area contributed by atoms with E-state index in [1.807, 2.05) is 19.1 Å². The van der Waals surface area contributed by atoms with Gasteiger partial charge in [0.05, 0.1) is 11.3 Å². The fraction of sp³-hybridized carbons (Fsp3) is 0.318. The summed E-state index contributed by atoms with van der Waals surface area (Å²) in [4.78, 5) is 28.2. The summed E-state index contributed by atoms with van der Waals surface area (Å²) in [5, 5.41) is 2.91. The Morgan fingerprint density at radius 3 is 2.24 bits per heavy atom. The molecular weight excluding hydrogens is 368 g/mol. The molecule has 0 heterocycles. The van der Waals surface area contributed by atoms with Gasteiger partial charge in [0.1, 0.15) is 5.75 Å². The monoisotopic (exact) mass is 396 g/mol. The van der Waals surface area contributed by atoms with Crippen molar-refractivity contribution in [2.24, 2.45) is 16.5 Å². The van der Waals surface area contributed by atoms with Crippen LogP contribution in [0, 0.1) is 0 Å². The zero-order valence-corrected chi connectivity index (χ0v) is 16.9. The number of guanidine groups is 1. The standard InChI is InChI=1S/C22H28N4O3/c1-3-13-25-20(27)14-15(4-2)16-7-11-19(12-8-16)29-21(28)17-5-9-18(10-6-17)26-22(23)24/h5-12,15H,3-4,13-14H2,1-2H3,(H,25,27)(H4,23,24,26). The van der Waals surface area contributed by atoms with Crippen LogP contribution >= 0.6 is 0 Å². The van der Waals surface area contributed by atoms with E-state index in [4.69, 9.17) is 16.2 Å². The van der Waals surface area contributed by atoms with Crippen LogP contribution in [0.2, 0.25) is 0 Å². The first-order valence-corrected chi connectivity index (χ1v) is 9.71. The molecule has 7 heteroatoms. The third kappa shape index (κ3) is 6.95. The molecule has 2 aromatic rings. The summed E-state index contributed by atoms with van der Waals surface area (Å²) in [5.74, 6) is 0.101. The molecule has 0 saturated heterocycles. The second-order valence-corrected chi connectivity index (χ2v) is 6.70. The summed E-state index contributed by atoms with van der Waals surface area (Å²) in [7, 11) is 0. The van der Waals surface area contributed by atoms with Crippen molar-refractivity contribution < 1.29 is 14.3 Å². The second-order valence-electron chi connectivity index (χ2n) is 6.70. The maximum Gasteiger partial charge on any atom is 0.343 e. The summed E-state index contributed by atoms with van der Waals surface area (Å²) < 4.78 is 5.42. The highest BCUT2D eigenvalue weighted by molar-refractivity contribution is 5.91. The highest BCUT2D eigenvalue weighted by atomic mass is 16.5. The molecule has 1 amide bonds. The summed E-state index contributed by atoms with van der Waals surface area (Å²) in [6.45, 7) is 4.77. The van der Waals surface area contributed by atoms with Crippen LogP contribution in [0.4, 0.5) is 5.69 Å². The predicted molar refractivity (Wildman–Crippen MR) is 114 cm³/mol. The summed E-state index contributed by atoms with van der Waals surface area (Å²) in [6, 6.07) is 13.7. The van der Waals surface area contributed by atoms with E-state index in [0.29, 0.717) is 30.0 Å². The molecule has 0 aliphatic carbocycles. The number of rotatable bonds is 9.